The number of benzene rings is 1. The summed E-state index contributed by atoms with van der Waals surface area (Å²) in [7, 11) is 0. The van der Waals surface area contributed by atoms with Gasteiger partial charge in [-0.15, -0.1) is 13.2 Å². The molecule has 0 aromatic heterocycles. The second-order valence-corrected chi connectivity index (χ2v) is 5.73. The minimum absolute atomic E-state index is 0.161. The quantitative estimate of drug-likeness (QED) is 0.773. The maximum atomic E-state index is 12.1. The fraction of sp³-hybridized carbons (Fsp3) is 0.625. The number of hydrogen-bond acceptors (Lipinski definition) is 2. The van der Waals surface area contributed by atoms with Gasteiger partial charge in [-0.1, -0.05) is 31.9 Å². The lowest BCUT2D eigenvalue weighted by molar-refractivity contribution is -0.274. The van der Waals surface area contributed by atoms with Gasteiger partial charge in [-0.25, -0.2) is 0 Å². The van der Waals surface area contributed by atoms with Crippen LogP contribution < -0.4 is 10.1 Å². The average Bonchev–Trinajstić information content (AvgIpc) is 3.20. The van der Waals surface area contributed by atoms with Gasteiger partial charge in [-0.3, -0.25) is 0 Å². The normalized spacial score (nSPS) is 16.8. The third-order valence-corrected chi connectivity index (χ3v) is 3.64. The Morgan fingerprint density at radius 3 is 2.43 bits per heavy atom. The van der Waals surface area contributed by atoms with Crippen LogP contribution in [-0.4, -0.2) is 18.9 Å². The highest BCUT2D eigenvalue weighted by Gasteiger charge is 2.31. The van der Waals surface area contributed by atoms with Gasteiger partial charge in [0, 0.05) is 6.04 Å². The molecule has 0 saturated heterocycles. The van der Waals surface area contributed by atoms with Gasteiger partial charge in [0.1, 0.15) is 5.75 Å². The van der Waals surface area contributed by atoms with E-state index in [1.54, 1.807) is 12.1 Å². The molecule has 0 bridgehead atoms. The summed E-state index contributed by atoms with van der Waals surface area (Å²) in [6.45, 7) is 3.11. The summed E-state index contributed by atoms with van der Waals surface area (Å²) in [6.07, 6.45) is 1.08. The van der Waals surface area contributed by atoms with Crippen molar-refractivity contribution < 1.29 is 17.9 Å². The van der Waals surface area contributed by atoms with Crippen LogP contribution in [0.25, 0.3) is 0 Å². The van der Waals surface area contributed by atoms with Crippen LogP contribution in [-0.2, 0) is 6.42 Å². The van der Waals surface area contributed by atoms with Crippen LogP contribution in [0.2, 0.25) is 0 Å². The van der Waals surface area contributed by atoms with E-state index in [1.807, 2.05) is 0 Å². The smallest absolute Gasteiger partial charge is 0.406 e. The average molecular weight is 301 g/mol. The van der Waals surface area contributed by atoms with Crippen LogP contribution >= 0.6 is 0 Å². The molecule has 0 amide bonds. The van der Waals surface area contributed by atoms with E-state index in [0.29, 0.717) is 6.04 Å². The van der Waals surface area contributed by atoms with Gasteiger partial charge >= 0.3 is 6.36 Å². The number of alkyl halides is 3. The Balaban J connectivity index is 1.89. The molecule has 1 saturated carbocycles. The van der Waals surface area contributed by atoms with Crippen molar-refractivity contribution in [2.75, 3.05) is 6.54 Å². The Kier molecular flexibility index (Phi) is 5.51. The molecule has 118 valence electrons. The fourth-order valence-corrected chi connectivity index (χ4v) is 2.45. The van der Waals surface area contributed by atoms with E-state index < -0.39 is 6.36 Å². The van der Waals surface area contributed by atoms with E-state index >= 15 is 0 Å². The minimum Gasteiger partial charge on any atom is -0.406 e. The number of rotatable bonds is 8. The molecule has 1 aliphatic carbocycles. The highest BCUT2D eigenvalue weighted by atomic mass is 19.4. The predicted octanol–water partition coefficient (Wildman–Crippen LogP) is 4.30. The Hall–Kier alpha value is -1.23. The topological polar surface area (TPSA) is 21.3 Å². The highest BCUT2D eigenvalue weighted by molar-refractivity contribution is 5.28. The zero-order valence-electron chi connectivity index (χ0n) is 12.2. The van der Waals surface area contributed by atoms with E-state index in [-0.39, 0.29) is 5.75 Å². The van der Waals surface area contributed by atoms with Gasteiger partial charge < -0.3 is 10.1 Å². The zero-order chi connectivity index (χ0) is 15.3. The molecular weight excluding hydrogens is 279 g/mol. The van der Waals surface area contributed by atoms with Crippen LogP contribution in [0.5, 0.6) is 5.75 Å². The maximum absolute atomic E-state index is 12.1. The molecular formula is C16H22F3NO. The molecule has 1 fully saturated rings. The van der Waals surface area contributed by atoms with Crippen molar-refractivity contribution in [3.63, 3.8) is 0 Å². The second kappa shape index (κ2) is 7.16. The number of nitrogens with one attached hydrogen (secondary N) is 1. The molecule has 1 aliphatic rings. The van der Waals surface area contributed by atoms with Crippen molar-refractivity contribution in [3.8, 4) is 5.75 Å². The first-order valence-corrected chi connectivity index (χ1v) is 7.54. The monoisotopic (exact) mass is 301 g/mol. The number of ether oxygens (including phenoxy) is 1. The summed E-state index contributed by atoms with van der Waals surface area (Å²) in [5.74, 6) is 0.665. The molecule has 1 aromatic rings. The molecule has 0 radical (unpaired) electrons. The summed E-state index contributed by atoms with van der Waals surface area (Å²) < 4.78 is 40.2. The first kappa shape index (κ1) is 16.1. The minimum atomic E-state index is -4.63. The molecule has 0 aliphatic heterocycles. The molecule has 0 spiro atoms. The van der Waals surface area contributed by atoms with Gasteiger partial charge in [0.15, 0.2) is 0 Å². The van der Waals surface area contributed by atoms with Crippen molar-refractivity contribution in [3.05, 3.63) is 29.8 Å². The molecule has 0 heterocycles. The van der Waals surface area contributed by atoms with E-state index in [9.17, 15) is 13.2 Å². The molecule has 21 heavy (non-hydrogen) atoms. The predicted molar refractivity (Wildman–Crippen MR) is 76.3 cm³/mol. The standard InChI is InChI=1S/C16H22F3NO/c1-2-9-20-14(10-12-3-4-12)11-13-5-7-15(8-6-13)21-16(17,18)19/h5-8,12,14,20H,2-4,9-11H2,1H3. The van der Waals surface area contributed by atoms with Gasteiger partial charge in [0.2, 0.25) is 0 Å². The van der Waals surface area contributed by atoms with Gasteiger partial charge in [-0.05, 0) is 49.4 Å². The molecule has 2 nitrogen and oxygen atoms in total. The zero-order valence-corrected chi connectivity index (χ0v) is 12.2. The van der Waals surface area contributed by atoms with E-state index in [0.717, 1.165) is 37.3 Å². The lowest BCUT2D eigenvalue weighted by atomic mass is 10.0. The summed E-state index contributed by atoms with van der Waals surface area (Å²) >= 11 is 0. The second-order valence-electron chi connectivity index (χ2n) is 5.73. The summed E-state index contributed by atoms with van der Waals surface area (Å²) in [5, 5.41) is 3.53. The van der Waals surface area contributed by atoms with E-state index in [4.69, 9.17) is 0 Å². The van der Waals surface area contributed by atoms with Crippen molar-refractivity contribution in [2.24, 2.45) is 5.92 Å². The van der Waals surface area contributed by atoms with Crippen LogP contribution in [0.3, 0.4) is 0 Å². The Bertz CT molecular complexity index is 426. The van der Waals surface area contributed by atoms with Crippen molar-refractivity contribution in [1.82, 2.24) is 5.32 Å². The SMILES string of the molecule is CCCNC(Cc1ccc(OC(F)(F)F)cc1)CC1CC1. The molecule has 2 rings (SSSR count). The fourth-order valence-electron chi connectivity index (χ4n) is 2.45. The van der Waals surface area contributed by atoms with Crippen LogP contribution in [0, 0.1) is 5.92 Å². The lowest BCUT2D eigenvalue weighted by Crippen LogP contribution is -2.32. The lowest BCUT2D eigenvalue weighted by Gasteiger charge is -2.18. The molecule has 1 N–H and O–H groups in total. The largest absolute Gasteiger partial charge is 0.573 e. The summed E-state index contributed by atoms with van der Waals surface area (Å²) in [4.78, 5) is 0. The molecule has 1 unspecified atom stereocenters. The maximum Gasteiger partial charge on any atom is 0.573 e. The Morgan fingerprint density at radius 1 is 1.24 bits per heavy atom. The molecule has 5 heteroatoms. The van der Waals surface area contributed by atoms with Crippen molar-refractivity contribution in [1.29, 1.82) is 0 Å². The van der Waals surface area contributed by atoms with E-state index in [1.165, 1.54) is 25.0 Å². The first-order chi connectivity index (χ1) is 9.96. The third kappa shape index (κ3) is 6.38. The first-order valence-electron chi connectivity index (χ1n) is 7.54. The van der Waals surface area contributed by atoms with Crippen LogP contribution in [0.4, 0.5) is 13.2 Å². The van der Waals surface area contributed by atoms with Crippen molar-refractivity contribution >= 4 is 0 Å². The number of hydrogen-bond donors (Lipinski definition) is 1. The molecule has 1 atom stereocenters. The Labute approximate surface area is 123 Å². The Morgan fingerprint density at radius 2 is 1.90 bits per heavy atom. The van der Waals surface area contributed by atoms with Crippen molar-refractivity contribution in [2.45, 2.75) is 51.4 Å². The highest BCUT2D eigenvalue weighted by Crippen LogP contribution is 2.34. The van der Waals surface area contributed by atoms with Gasteiger partial charge in [0.05, 0.1) is 0 Å². The summed E-state index contributed by atoms with van der Waals surface area (Å²) in [6, 6.07) is 6.61. The summed E-state index contributed by atoms with van der Waals surface area (Å²) in [5.41, 5.74) is 1.04. The van der Waals surface area contributed by atoms with E-state index in [2.05, 4.69) is 17.0 Å². The third-order valence-electron chi connectivity index (χ3n) is 3.64. The number of halogens is 3. The van der Waals surface area contributed by atoms with Crippen LogP contribution in [0.15, 0.2) is 24.3 Å². The molecule has 1 aromatic carbocycles. The van der Waals surface area contributed by atoms with Gasteiger partial charge in [0.25, 0.3) is 0 Å². The van der Waals surface area contributed by atoms with Crippen LogP contribution in [0.1, 0.15) is 38.2 Å². The van der Waals surface area contributed by atoms with Gasteiger partial charge in [-0.2, -0.15) is 0 Å².